The number of hydrogen-bond acceptors (Lipinski definition) is 6. The summed E-state index contributed by atoms with van der Waals surface area (Å²) < 4.78 is 14.7. The lowest BCUT2D eigenvalue weighted by atomic mass is 10.1. The quantitative estimate of drug-likeness (QED) is 0.561. The van der Waals surface area contributed by atoms with E-state index in [0.29, 0.717) is 11.4 Å². The molecule has 2 aromatic heterocycles. The van der Waals surface area contributed by atoms with Crippen molar-refractivity contribution in [1.29, 1.82) is 0 Å². The Hall–Kier alpha value is -3.46. The van der Waals surface area contributed by atoms with E-state index >= 15 is 0 Å². The van der Waals surface area contributed by atoms with Crippen LogP contribution in [-0.4, -0.2) is 31.1 Å². The van der Waals surface area contributed by atoms with Crippen molar-refractivity contribution < 1.29 is 9.18 Å². The zero-order valence-corrected chi connectivity index (χ0v) is 15.7. The molecule has 0 unspecified atom stereocenters. The fourth-order valence-electron chi connectivity index (χ4n) is 2.75. The van der Waals surface area contributed by atoms with Crippen molar-refractivity contribution in [2.45, 2.75) is 13.3 Å². The van der Waals surface area contributed by atoms with Gasteiger partial charge in [-0.15, -0.1) is 16.4 Å². The van der Waals surface area contributed by atoms with Crippen molar-refractivity contribution in [2.24, 2.45) is 0 Å². The summed E-state index contributed by atoms with van der Waals surface area (Å²) in [5.74, 6) is -0.456. The molecular weight excluding hydrogens is 379 g/mol. The molecule has 0 aliphatic rings. The number of nitrogens with zero attached hydrogens (tertiary/aromatic N) is 5. The minimum absolute atomic E-state index is 0.151. The monoisotopic (exact) mass is 394 g/mol. The lowest BCUT2D eigenvalue weighted by Crippen LogP contribution is -2.14. The molecule has 0 aliphatic heterocycles. The van der Waals surface area contributed by atoms with Gasteiger partial charge in [0.25, 0.3) is 0 Å². The van der Waals surface area contributed by atoms with E-state index in [4.69, 9.17) is 0 Å². The molecule has 0 saturated carbocycles. The highest BCUT2D eigenvalue weighted by molar-refractivity contribution is 7.12. The predicted molar refractivity (Wildman–Crippen MR) is 104 cm³/mol. The molecule has 2 aromatic carbocycles. The first-order valence-electron chi connectivity index (χ1n) is 8.44. The second-order valence-electron chi connectivity index (χ2n) is 6.04. The molecule has 0 fully saturated rings. The number of carbonyl (C=O) groups is 1. The molecule has 0 bridgehead atoms. The number of aryl methyl sites for hydroxylation is 1. The van der Waals surface area contributed by atoms with Gasteiger partial charge in [-0.25, -0.2) is 14.1 Å². The SMILES string of the molecule is Cc1nc(-c2ccc(F)cc2)c(CC(=O)Nc2ccc(-n3cnnn3)cc2)s1. The third kappa shape index (κ3) is 3.94. The van der Waals surface area contributed by atoms with E-state index in [-0.39, 0.29) is 18.1 Å². The Labute approximate surface area is 163 Å². The van der Waals surface area contributed by atoms with Crippen LogP contribution in [0, 0.1) is 12.7 Å². The van der Waals surface area contributed by atoms with Gasteiger partial charge in [-0.05, 0) is 65.9 Å². The number of halogens is 1. The van der Waals surface area contributed by atoms with Crippen molar-refractivity contribution in [1.82, 2.24) is 25.2 Å². The Balaban J connectivity index is 1.48. The molecule has 1 N–H and O–H groups in total. The molecule has 9 heteroatoms. The number of rotatable bonds is 5. The van der Waals surface area contributed by atoms with Crippen LogP contribution in [0.15, 0.2) is 54.9 Å². The lowest BCUT2D eigenvalue weighted by molar-refractivity contribution is -0.115. The molecular formula is C19H15FN6OS. The smallest absolute Gasteiger partial charge is 0.229 e. The van der Waals surface area contributed by atoms with E-state index in [1.54, 1.807) is 24.3 Å². The summed E-state index contributed by atoms with van der Waals surface area (Å²) in [6.45, 7) is 1.89. The third-order valence-electron chi connectivity index (χ3n) is 4.01. The van der Waals surface area contributed by atoms with Gasteiger partial charge in [0.15, 0.2) is 0 Å². The fraction of sp³-hybridized carbons (Fsp3) is 0.105. The van der Waals surface area contributed by atoms with Gasteiger partial charge in [0.2, 0.25) is 5.91 Å². The summed E-state index contributed by atoms with van der Waals surface area (Å²) in [7, 11) is 0. The summed E-state index contributed by atoms with van der Waals surface area (Å²) in [5.41, 5.74) is 2.97. The number of anilines is 1. The van der Waals surface area contributed by atoms with Crippen LogP contribution >= 0.6 is 11.3 Å². The van der Waals surface area contributed by atoms with E-state index in [9.17, 15) is 9.18 Å². The van der Waals surface area contributed by atoms with Gasteiger partial charge in [-0.1, -0.05) is 0 Å². The van der Waals surface area contributed by atoms with Gasteiger partial charge >= 0.3 is 0 Å². The third-order valence-corrected chi connectivity index (χ3v) is 4.98. The standard InChI is InChI=1S/C19H15FN6OS/c1-12-22-19(13-2-4-14(20)5-3-13)17(28-12)10-18(27)23-15-6-8-16(9-7-15)26-11-21-24-25-26/h2-9,11H,10H2,1H3,(H,23,27). The van der Waals surface area contributed by atoms with Crippen molar-refractivity contribution in [2.75, 3.05) is 5.32 Å². The molecule has 4 aromatic rings. The van der Waals surface area contributed by atoms with Crippen LogP contribution in [-0.2, 0) is 11.2 Å². The van der Waals surface area contributed by atoms with E-state index in [1.165, 1.54) is 34.5 Å². The fourth-order valence-corrected chi connectivity index (χ4v) is 3.71. The number of benzene rings is 2. The van der Waals surface area contributed by atoms with Crippen molar-refractivity contribution in [3.8, 4) is 16.9 Å². The van der Waals surface area contributed by atoms with E-state index in [1.807, 2.05) is 19.1 Å². The zero-order chi connectivity index (χ0) is 19.5. The molecule has 0 saturated heterocycles. The summed E-state index contributed by atoms with van der Waals surface area (Å²) in [4.78, 5) is 17.9. The normalized spacial score (nSPS) is 10.8. The molecule has 0 atom stereocenters. The van der Waals surface area contributed by atoms with Gasteiger partial charge in [-0.2, -0.15) is 0 Å². The van der Waals surface area contributed by atoms with Crippen LogP contribution < -0.4 is 5.32 Å². The molecule has 0 aliphatic carbocycles. The molecule has 28 heavy (non-hydrogen) atoms. The topological polar surface area (TPSA) is 85.6 Å². The number of hydrogen-bond donors (Lipinski definition) is 1. The first-order valence-corrected chi connectivity index (χ1v) is 9.25. The van der Waals surface area contributed by atoms with Crippen molar-refractivity contribution in [3.05, 3.63) is 70.6 Å². The Morgan fingerprint density at radius 3 is 2.57 bits per heavy atom. The van der Waals surface area contributed by atoms with Gasteiger partial charge in [0.1, 0.15) is 12.1 Å². The lowest BCUT2D eigenvalue weighted by Gasteiger charge is -2.07. The maximum absolute atomic E-state index is 13.2. The number of thiazole rings is 1. The first-order chi connectivity index (χ1) is 13.6. The van der Waals surface area contributed by atoms with E-state index in [0.717, 1.165) is 21.1 Å². The summed E-state index contributed by atoms with van der Waals surface area (Å²) in [5, 5.41) is 14.7. The van der Waals surface area contributed by atoms with Crippen LogP contribution in [0.4, 0.5) is 10.1 Å². The zero-order valence-electron chi connectivity index (χ0n) is 14.8. The highest BCUT2D eigenvalue weighted by atomic mass is 32.1. The Kier molecular flexibility index (Phi) is 4.90. The highest BCUT2D eigenvalue weighted by Gasteiger charge is 2.15. The van der Waals surface area contributed by atoms with E-state index < -0.39 is 0 Å². The van der Waals surface area contributed by atoms with Crippen molar-refractivity contribution >= 4 is 22.9 Å². The second kappa shape index (κ2) is 7.65. The minimum atomic E-state index is -0.305. The Bertz CT molecular complexity index is 1090. The molecule has 7 nitrogen and oxygen atoms in total. The van der Waals surface area contributed by atoms with Gasteiger partial charge in [0.05, 0.1) is 22.8 Å². The second-order valence-corrected chi connectivity index (χ2v) is 7.33. The van der Waals surface area contributed by atoms with Crippen LogP contribution in [0.5, 0.6) is 0 Å². The summed E-state index contributed by atoms with van der Waals surface area (Å²) >= 11 is 1.46. The maximum atomic E-state index is 13.2. The molecule has 140 valence electrons. The van der Waals surface area contributed by atoms with Crippen molar-refractivity contribution in [3.63, 3.8) is 0 Å². The first kappa shape index (κ1) is 17.9. The predicted octanol–water partition coefficient (Wildman–Crippen LogP) is 3.41. The number of amides is 1. The number of aromatic nitrogens is 5. The van der Waals surface area contributed by atoms with Crippen LogP contribution in [0.1, 0.15) is 9.88 Å². The molecule has 4 rings (SSSR count). The average molecular weight is 394 g/mol. The number of nitrogens with one attached hydrogen (secondary N) is 1. The Morgan fingerprint density at radius 1 is 1.14 bits per heavy atom. The Morgan fingerprint density at radius 2 is 1.89 bits per heavy atom. The molecule has 2 heterocycles. The number of tetrazole rings is 1. The molecule has 0 radical (unpaired) electrons. The molecule has 0 spiro atoms. The minimum Gasteiger partial charge on any atom is -0.326 e. The van der Waals surface area contributed by atoms with Gasteiger partial charge in [-0.3, -0.25) is 4.79 Å². The van der Waals surface area contributed by atoms with Crippen LogP contribution in [0.2, 0.25) is 0 Å². The largest absolute Gasteiger partial charge is 0.326 e. The summed E-state index contributed by atoms with van der Waals surface area (Å²) in [6, 6.07) is 13.3. The maximum Gasteiger partial charge on any atom is 0.229 e. The van der Waals surface area contributed by atoms with Gasteiger partial charge in [0, 0.05) is 16.1 Å². The molecule has 1 amide bonds. The number of carbonyl (C=O) groups excluding carboxylic acids is 1. The van der Waals surface area contributed by atoms with Crippen LogP contribution in [0.3, 0.4) is 0 Å². The highest BCUT2D eigenvalue weighted by Crippen LogP contribution is 2.29. The van der Waals surface area contributed by atoms with Crippen LogP contribution in [0.25, 0.3) is 16.9 Å². The average Bonchev–Trinajstić information content (AvgIpc) is 3.33. The van der Waals surface area contributed by atoms with Gasteiger partial charge < -0.3 is 5.32 Å². The summed E-state index contributed by atoms with van der Waals surface area (Å²) in [6.07, 6.45) is 1.68. The van der Waals surface area contributed by atoms with E-state index in [2.05, 4.69) is 25.8 Å².